The maximum atomic E-state index is 12.9. The summed E-state index contributed by atoms with van der Waals surface area (Å²) >= 11 is 0. The fourth-order valence-electron chi connectivity index (χ4n) is 3.18. The Balaban J connectivity index is 1.78. The van der Waals surface area contributed by atoms with Crippen molar-refractivity contribution in [3.8, 4) is 11.4 Å². The largest absolute Gasteiger partial charge is 0.299 e. The Kier molecular flexibility index (Phi) is 4.59. The van der Waals surface area contributed by atoms with E-state index >= 15 is 0 Å². The standard InChI is InChI=1S/C21H20N6O2/c1-14-18(20(28)26(24-14)16-10-6-4-7-11-16)22-23-19-15(2)25(3)27(21(19)29)17-12-8-5-9-13-17/h4-13,24H,1-3H3. The van der Waals surface area contributed by atoms with E-state index in [1.165, 1.54) is 9.36 Å². The second kappa shape index (κ2) is 7.23. The first-order valence-electron chi connectivity index (χ1n) is 9.12. The molecule has 0 aliphatic heterocycles. The predicted octanol–water partition coefficient (Wildman–Crippen LogP) is 3.69. The molecule has 2 aromatic carbocycles. The zero-order valence-electron chi connectivity index (χ0n) is 16.3. The van der Waals surface area contributed by atoms with E-state index in [-0.39, 0.29) is 22.5 Å². The molecular formula is C21H20N6O2. The van der Waals surface area contributed by atoms with Gasteiger partial charge in [0, 0.05) is 7.05 Å². The van der Waals surface area contributed by atoms with E-state index in [9.17, 15) is 9.59 Å². The minimum Gasteiger partial charge on any atom is -0.293 e. The summed E-state index contributed by atoms with van der Waals surface area (Å²) in [6.07, 6.45) is 0. The number of hydrogen-bond donors (Lipinski definition) is 1. The van der Waals surface area contributed by atoms with E-state index in [2.05, 4.69) is 15.3 Å². The maximum absolute atomic E-state index is 12.9. The Morgan fingerprint density at radius 1 is 0.759 bits per heavy atom. The molecule has 0 amide bonds. The Bertz CT molecular complexity index is 1310. The van der Waals surface area contributed by atoms with Crippen LogP contribution in [-0.2, 0) is 7.05 Å². The number of aromatic amines is 1. The lowest BCUT2D eigenvalue weighted by molar-refractivity contribution is 0.630. The first kappa shape index (κ1) is 18.4. The zero-order valence-corrected chi connectivity index (χ0v) is 16.3. The predicted molar refractivity (Wildman–Crippen MR) is 111 cm³/mol. The minimum absolute atomic E-state index is 0.169. The highest BCUT2D eigenvalue weighted by Gasteiger charge is 2.17. The maximum Gasteiger partial charge on any atom is 0.299 e. The van der Waals surface area contributed by atoms with Crippen LogP contribution in [0.25, 0.3) is 11.4 Å². The fraction of sp³-hybridized carbons (Fsp3) is 0.143. The molecule has 29 heavy (non-hydrogen) atoms. The van der Waals surface area contributed by atoms with Gasteiger partial charge in [-0.1, -0.05) is 36.4 Å². The molecule has 0 atom stereocenters. The smallest absolute Gasteiger partial charge is 0.293 e. The van der Waals surface area contributed by atoms with Gasteiger partial charge >= 0.3 is 0 Å². The second-order valence-electron chi connectivity index (χ2n) is 6.67. The average molecular weight is 388 g/mol. The molecule has 146 valence electrons. The molecule has 2 heterocycles. The molecule has 0 bridgehead atoms. The lowest BCUT2D eigenvalue weighted by atomic mass is 10.3. The summed E-state index contributed by atoms with van der Waals surface area (Å²) in [4.78, 5) is 25.7. The monoisotopic (exact) mass is 388 g/mol. The van der Waals surface area contributed by atoms with Gasteiger partial charge in [0.25, 0.3) is 11.1 Å². The van der Waals surface area contributed by atoms with Gasteiger partial charge in [-0.3, -0.25) is 19.4 Å². The highest BCUT2D eigenvalue weighted by atomic mass is 16.1. The van der Waals surface area contributed by atoms with Gasteiger partial charge in [0.2, 0.25) is 0 Å². The molecular weight excluding hydrogens is 368 g/mol. The van der Waals surface area contributed by atoms with Crippen molar-refractivity contribution < 1.29 is 0 Å². The van der Waals surface area contributed by atoms with Crippen LogP contribution in [0.4, 0.5) is 11.4 Å². The Hall–Kier alpha value is -3.94. The van der Waals surface area contributed by atoms with E-state index in [0.717, 1.165) is 5.69 Å². The third kappa shape index (κ3) is 3.14. The van der Waals surface area contributed by atoms with Crippen LogP contribution in [0.5, 0.6) is 0 Å². The summed E-state index contributed by atoms with van der Waals surface area (Å²) < 4.78 is 4.65. The summed E-state index contributed by atoms with van der Waals surface area (Å²) in [6, 6.07) is 18.5. The molecule has 0 saturated heterocycles. The number of rotatable bonds is 4. The van der Waals surface area contributed by atoms with Crippen molar-refractivity contribution in [2.24, 2.45) is 17.3 Å². The number of aromatic nitrogens is 4. The fourth-order valence-corrected chi connectivity index (χ4v) is 3.18. The van der Waals surface area contributed by atoms with Crippen LogP contribution in [0.3, 0.4) is 0 Å². The molecule has 0 saturated carbocycles. The van der Waals surface area contributed by atoms with Gasteiger partial charge in [0.05, 0.1) is 22.8 Å². The van der Waals surface area contributed by atoms with Gasteiger partial charge in [0.15, 0.2) is 11.4 Å². The minimum atomic E-state index is -0.325. The van der Waals surface area contributed by atoms with Gasteiger partial charge in [-0.15, -0.1) is 10.2 Å². The second-order valence-corrected chi connectivity index (χ2v) is 6.67. The molecule has 0 radical (unpaired) electrons. The highest BCUT2D eigenvalue weighted by molar-refractivity contribution is 5.47. The highest BCUT2D eigenvalue weighted by Crippen LogP contribution is 2.21. The lowest BCUT2D eigenvalue weighted by Crippen LogP contribution is -2.19. The van der Waals surface area contributed by atoms with Crippen LogP contribution in [0.2, 0.25) is 0 Å². The van der Waals surface area contributed by atoms with Crippen LogP contribution in [0.1, 0.15) is 11.4 Å². The van der Waals surface area contributed by atoms with Crippen molar-refractivity contribution in [2.75, 3.05) is 0 Å². The van der Waals surface area contributed by atoms with Crippen LogP contribution >= 0.6 is 0 Å². The molecule has 0 aliphatic carbocycles. The van der Waals surface area contributed by atoms with Gasteiger partial charge in [-0.05, 0) is 38.1 Å². The molecule has 1 N–H and O–H groups in total. The molecule has 0 aliphatic rings. The van der Waals surface area contributed by atoms with Crippen LogP contribution in [0, 0.1) is 13.8 Å². The summed E-state index contributed by atoms with van der Waals surface area (Å²) in [5.74, 6) is 0. The number of H-pyrrole nitrogens is 1. The van der Waals surface area contributed by atoms with Crippen LogP contribution in [0.15, 0.2) is 80.5 Å². The van der Waals surface area contributed by atoms with Gasteiger partial charge in [0.1, 0.15) is 0 Å². The quantitative estimate of drug-likeness (QED) is 0.540. The summed E-state index contributed by atoms with van der Waals surface area (Å²) in [5, 5.41) is 11.3. The molecule has 2 aromatic heterocycles. The van der Waals surface area contributed by atoms with Crippen molar-refractivity contribution in [2.45, 2.75) is 13.8 Å². The number of hydrogen-bond acceptors (Lipinski definition) is 4. The number of azo groups is 1. The Morgan fingerprint density at radius 3 is 1.93 bits per heavy atom. The Labute approximate surface area is 166 Å². The van der Waals surface area contributed by atoms with Crippen molar-refractivity contribution in [3.63, 3.8) is 0 Å². The van der Waals surface area contributed by atoms with E-state index in [1.54, 1.807) is 25.6 Å². The van der Waals surface area contributed by atoms with Crippen molar-refractivity contribution in [3.05, 3.63) is 92.8 Å². The number of nitrogens with one attached hydrogen (secondary N) is 1. The molecule has 4 rings (SSSR count). The van der Waals surface area contributed by atoms with E-state index in [1.807, 2.05) is 60.7 Å². The van der Waals surface area contributed by atoms with Crippen LogP contribution < -0.4 is 11.1 Å². The summed E-state index contributed by atoms with van der Waals surface area (Å²) in [5.41, 5.74) is 2.40. The normalized spacial score (nSPS) is 11.4. The van der Waals surface area contributed by atoms with E-state index < -0.39 is 0 Å². The first-order valence-corrected chi connectivity index (χ1v) is 9.12. The van der Waals surface area contributed by atoms with Crippen molar-refractivity contribution >= 4 is 11.4 Å². The topological polar surface area (TPSA) is 89.4 Å². The van der Waals surface area contributed by atoms with Gasteiger partial charge < -0.3 is 0 Å². The van der Waals surface area contributed by atoms with Gasteiger partial charge in [-0.25, -0.2) is 9.36 Å². The number of nitrogens with zero attached hydrogens (tertiary/aromatic N) is 5. The lowest BCUT2D eigenvalue weighted by Gasteiger charge is -2.07. The molecule has 0 spiro atoms. The van der Waals surface area contributed by atoms with E-state index in [4.69, 9.17) is 0 Å². The molecule has 4 aromatic rings. The summed E-state index contributed by atoms with van der Waals surface area (Å²) in [7, 11) is 1.78. The Morgan fingerprint density at radius 2 is 1.31 bits per heavy atom. The zero-order chi connectivity index (χ0) is 20.5. The molecule has 0 fully saturated rings. The third-order valence-corrected chi connectivity index (χ3v) is 4.83. The number of benzene rings is 2. The molecule has 0 unspecified atom stereocenters. The van der Waals surface area contributed by atoms with Gasteiger partial charge in [-0.2, -0.15) is 0 Å². The SMILES string of the molecule is Cc1[nH]n(-c2ccccc2)c(=O)c1N=Nc1c(C)n(C)n(-c2ccccc2)c1=O. The average Bonchev–Trinajstić information content (AvgIpc) is 3.14. The van der Waals surface area contributed by atoms with Crippen LogP contribution in [-0.4, -0.2) is 19.1 Å². The third-order valence-electron chi connectivity index (χ3n) is 4.83. The first-order chi connectivity index (χ1) is 14.0. The number of para-hydroxylation sites is 2. The van der Waals surface area contributed by atoms with E-state index in [0.29, 0.717) is 17.1 Å². The molecule has 8 heteroatoms. The summed E-state index contributed by atoms with van der Waals surface area (Å²) in [6.45, 7) is 3.54. The number of aryl methyl sites for hydroxylation is 1. The van der Waals surface area contributed by atoms with Crippen molar-refractivity contribution in [1.29, 1.82) is 0 Å². The molecule has 8 nitrogen and oxygen atoms in total. The van der Waals surface area contributed by atoms with Crippen molar-refractivity contribution in [1.82, 2.24) is 19.1 Å².